The van der Waals surface area contributed by atoms with E-state index in [1.165, 1.54) is 0 Å². The standard InChI is InChI=1S/C15H16N4O2/c1-3-21-11-6-4-5-10(9-11)12-7-8-13(20-2)14-17-15(16)18-19(12)14/h4-9H,3H2,1-2H3,(H2,16,18). The molecule has 0 radical (unpaired) electrons. The van der Waals surface area contributed by atoms with Crippen LogP contribution in [0.2, 0.25) is 0 Å². The number of hydrogen-bond acceptors (Lipinski definition) is 5. The molecule has 0 saturated heterocycles. The molecule has 0 unspecified atom stereocenters. The van der Waals surface area contributed by atoms with Gasteiger partial charge in [0, 0.05) is 5.56 Å². The summed E-state index contributed by atoms with van der Waals surface area (Å²) in [7, 11) is 1.59. The highest BCUT2D eigenvalue weighted by Gasteiger charge is 2.12. The largest absolute Gasteiger partial charge is 0.494 e. The van der Waals surface area contributed by atoms with E-state index in [4.69, 9.17) is 15.2 Å². The van der Waals surface area contributed by atoms with E-state index in [0.29, 0.717) is 18.0 Å². The van der Waals surface area contributed by atoms with E-state index in [0.717, 1.165) is 17.0 Å². The number of rotatable bonds is 4. The molecule has 3 rings (SSSR count). The lowest BCUT2D eigenvalue weighted by molar-refractivity contribution is 0.340. The summed E-state index contributed by atoms with van der Waals surface area (Å²) in [6, 6.07) is 11.6. The Kier molecular flexibility index (Phi) is 3.35. The highest BCUT2D eigenvalue weighted by molar-refractivity contribution is 5.68. The SMILES string of the molecule is CCOc1cccc(-c2ccc(OC)c3nc(N)nn23)c1. The number of hydrogen-bond donors (Lipinski definition) is 1. The predicted octanol–water partition coefficient (Wildman–Crippen LogP) is 2.39. The Morgan fingerprint density at radius 2 is 2.10 bits per heavy atom. The summed E-state index contributed by atoms with van der Waals surface area (Å²) in [4.78, 5) is 4.20. The molecule has 0 saturated carbocycles. The summed E-state index contributed by atoms with van der Waals surface area (Å²) in [6.45, 7) is 2.58. The van der Waals surface area contributed by atoms with Crippen molar-refractivity contribution in [3.63, 3.8) is 0 Å². The van der Waals surface area contributed by atoms with Gasteiger partial charge in [-0.05, 0) is 31.2 Å². The summed E-state index contributed by atoms with van der Waals surface area (Å²) in [5, 5.41) is 4.24. The zero-order valence-corrected chi connectivity index (χ0v) is 11.9. The van der Waals surface area contributed by atoms with Crippen LogP contribution >= 0.6 is 0 Å². The average Bonchev–Trinajstić information content (AvgIpc) is 2.88. The van der Waals surface area contributed by atoms with Gasteiger partial charge in [-0.2, -0.15) is 4.98 Å². The molecule has 0 spiro atoms. The molecule has 3 aromatic rings. The first-order chi connectivity index (χ1) is 10.2. The summed E-state index contributed by atoms with van der Waals surface area (Å²) in [5.74, 6) is 1.65. The van der Waals surface area contributed by atoms with Gasteiger partial charge in [0.15, 0.2) is 11.4 Å². The molecule has 0 aliphatic carbocycles. The second-order valence-corrected chi connectivity index (χ2v) is 4.45. The summed E-state index contributed by atoms with van der Waals surface area (Å²) < 4.78 is 12.5. The Balaban J connectivity index is 2.18. The maximum atomic E-state index is 5.72. The summed E-state index contributed by atoms with van der Waals surface area (Å²) in [5.41, 5.74) is 8.15. The van der Waals surface area contributed by atoms with E-state index in [1.54, 1.807) is 11.6 Å². The lowest BCUT2D eigenvalue weighted by Crippen LogP contribution is -1.98. The van der Waals surface area contributed by atoms with Crippen LogP contribution in [0.4, 0.5) is 5.95 Å². The van der Waals surface area contributed by atoms with Gasteiger partial charge in [-0.1, -0.05) is 12.1 Å². The van der Waals surface area contributed by atoms with Gasteiger partial charge in [-0.15, -0.1) is 5.10 Å². The summed E-state index contributed by atoms with van der Waals surface area (Å²) in [6.07, 6.45) is 0. The fourth-order valence-corrected chi connectivity index (χ4v) is 2.24. The van der Waals surface area contributed by atoms with Crippen molar-refractivity contribution >= 4 is 11.6 Å². The van der Waals surface area contributed by atoms with Crippen LogP contribution in [0.3, 0.4) is 0 Å². The molecule has 0 fully saturated rings. The van der Waals surface area contributed by atoms with Crippen LogP contribution < -0.4 is 15.2 Å². The first-order valence-corrected chi connectivity index (χ1v) is 6.65. The molecule has 1 aromatic carbocycles. The zero-order valence-electron chi connectivity index (χ0n) is 11.9. The second kappa shape index (κ2) is 5.32. The maximum Gasteiger partial charge on any atom is 0.240 e. The van der Waals surface area contributed by atoms with Crippen molar-refractivity contribution in [2.75, 3.05) is 19.5 Å². The van der Waals surface area contributed by atoms with E-state index >= 15 is 0 Å². The number of anilines is 1. The quantitative estimate of drug-likeness (QED) is 0.796. The third-order valence-corrected chi connectivity index (χ3v) is 3.13. The van der Waals surface area contributed by atoms with E-state index in [9.17, 15) is 0 Å². The van der Waals surface area contributed by atoms with E-state index in [-0.39, 0.29) is 5.95 Å². The predicted molar refractivity (Wildman–Crippen MR) is 80.6 cm³/mol. The van der Waals surface area contributed by atoms with Gasteiger partial charge in [-0.25, -0.2) is 4.52 Å². The maximum absolute atomic E-state index is 5.72. The molecule has 0 aliphatic heterocycles. The molecular formula is C15H16N4O2. The lowest BCUT2D eigenvalue weighted by atomic mass is 10.1. The summed E-state index contributed by atoms with van der Waals surface area (Å²) >= 11 is 0. The minimum atomic E-state index is 0.210. The van der Waals surface area contributed by atoms with Crippen molar-refractivity contribution in [1.82, 2.24) is 14.6 Å². The molecular weight excluding hydrogens is 268 g/mol. The highest BCUT2D eigenvalue weighted by atomic mass is 16.5. The molecule has 0 aliphatic rings. The minimum Gasteiger partial charge on any atom is -0.494 e. The Labute approximate surface area is 122 Å². The number of nitrogens with zero attached hydrogens (tertiary/aromatic N) is 3. The number of benzene rings is 1. The fraction of sp³-hybridized carbons (Fsp3) is 0.200. The van der Waals surface area contributed by atoms with Crippen molar-refractivity contribution in [3.05, 3.63) is 36.4 Å². The number of ether oxygens (including phenoxy) is 2. The lowest BCUT2D eigenvalue weighted by Gasteiger charge is -2.09. The number of nitrogens with two attached hydrogens (primary N) is 1. The van der Waals surface area contributed by atoms with Crippen LogP contribution in [0.15, 0.2) is 36.4 Å². The molecule has 21 heavy (non-hydrogen) atoms. The van der Waals surface area contributed by atoms with Gasteiger partial charge < -0.3 is 15.2 Å². The van der Waals surface area contributed by atoms with Crippen LogP contribution in [-0.2, 0) is 0 Å². The van der Waals surface area contributed by atoms with Gasteiger partial charge in [0.2, 0.25) is 5.95 Å². The molecule has 0 amide bonds. The molecule has 6 heteroatoms. The molecule has 2 heterocycles. The van der Waals surface area contributed by atoms with Gasteiger partial charge in [0.25, 0.3) is 0 Å². The Morgan fingerprint density at radius 3 is 2.86 bits per heavy atom. The highest BCUT2D eigenvalue weighted by Crippen LogP contribution is 2.28. The van der Waals surface area contributed by atoms with Crippen LogP contribution in [0.5, 0.6) is 11.5 Å². The molecule has 2 aromatic heterocycles. The van der Waals surface area contributed by atoms with Crippen LogP contribution in [0.25, 0.3) is 16.9 Å². The van der Waals surface area contributed by atoms with Gasteiger partial charge in [0.1, 0.15) is 5.75 Å². The van der Waals surface area contributed by atoms with Crippen molar-refractivity contribution in [3.8, 4) is 22.8 Å². The van der Waals surface area contributed by atoms with Crippen molar-refractivity contribution in [2.24, 2.45) is 0 Å². The number of nitrogen functional groups attached to an aromatic ring is 1. The monoisotopic (exact) mass is 284 g/mol. The molecule has 108 valence electrons. The number of methoxy groups -OCH3 is 1. The smallest absolute Gasteiger partial charge is 0.240 e. The van der Waals surface area contributed by atoms with Crippen LogP contribution in [0.1, 0.15) is 6.92 Å². The van der Waals surface area contributed by atoms with Gasteiger partial charge in [0.05, 0.1) is 19.4 Å². The van der Waals surface area contributed by atoms with Gasteiger partial charge in [-0.3, -0.25) is 0 Å². The second-order valence-electron chi connectivity index (χ2n) is 4.45. The molecule has 0 bridgehead atoms. The molecule has 2 N–H and O–H groups in total. The Morgan fingerprint density at radius 1 is 1.24 bits per heavy atom. The van der Waals surface area contributed by atoms with Crippen molar-refractivity contribution < 1.29 is 9.47 Å². The van der Waals surface area contributed by atoms with Crippen molar-refractivity contribution in [1.29, 1.82) is 0 Å². The minimum absolute atomic E-state index is 0.210. The normalized spacial score (nSPS) is 10.8. The number of aromatic nitrogens is 3. The van der Waals surface area contributed by atoms with E-state index in [2.05, 4.69) is 10.1 Å². The first-order valence-electron chi connectivity index (χ1n) is 6.65. The topological polar surface area (TPSA) is 74.7 Å². The Hall–Kier alpha value is -2.76. The van der Waals surface area contributed by atoms with E-state index in [1.807, 2.05) is 43.3 Å². The molecule has 0 atom stereocenters. The van der Waals surface area contributed by atoms with Crippen LogP contribution in [0, 0.1) is 0 Å². The van der Waals surface area contributed by atoms with Gasteiger partial charge >= 0.3 is 0 Å². The average molecular weight is 284 g/mol. The number of fused-ring (bicyclic) bond motifs is 1. The third-order valence-electron chi connectivity index (χ3n) is 3.13. The van der Waals surface area contributed by atoms with Crippen LogP contribution in [-0.4, -0.2) is 28.3 Å². The third kappa shape index (κ3) is 2.35. The molecule has 6 nitrogen and oxygen atoms in total. The van der Waals surface area contributed by atoms with Crippen molar-refractivity contribution in [2.45, 2.75) is 6.92 Å². The zero-order chi connectivity index (χ0) is 14.8. The first kappa shape index (κ1) is 13.2. The van der Waals surface area contributed by atoms with E-state index < -0.39 is 0 Å². The number of pyridine rings is 1. The fourth-order valence-electron chi connectivity index (χ4n) is 2.24. The Bertz CT molecular complexity index is 782.